The van der Waals surface area contributed by atoms with E-state index in [2.05, 4.69) is 20.2 Å². The summed E-state index contributed by atoms with van der Waals surface area (Å²) < 4.78 is 0. The topological polar surface area (TPSA) is 67.1 Å². The summed E-state index contributed by atoms with van der Waals surface area (Å²) in [5.41, 5.74) is 5.80. The molecule has 19 heavy (non-hydrogen) atoms. The summed E-state index contributed by atoms with van der Waals surface area (Å²) in [5, 5.41) is 3.40. The Hall–Kier alpha value is -1.36. The lowest BCUT2D eigenvalue weighted by molar-refractivity contribution is 0.333. The fraction of sp³-hybridized carbons (Fsp3) is 0.714. The molecule has 0 amide bonds. The molecule has 1 fully saturated rings. The van der Waals surface area contributed by atoms with Gasteiger partial charge in [0.05, 0.1) is 0 Å². The molecular formula is C14H25N5. The highest BCUT2D eigenvalue weighted by Crippen LogP contribution is 2.26. The largest absolute Gasteiger partial charge is 0.370 e. The molecule has 0 spiro atoms. The third-order valence-corrected chi connectivity index (χ3v) is 3.49. The average molecular weight is 263 g/mol. The van der Waals surface area contributed by atoms with Crippen molar-refractivity contribution in [2.75, 3.05) is 30.4 Å². The number of nitrogens with one attached hydrogen (secondary N) is 1. The Kier molecular flexibility index (Phi) is 4.24. The molecule has 1 aliphatic rings. The summed E-state index contributed by atoms with van der Waals surface area (Å²) in [7, 11) is 2.01. The highest BCUT2D eigenvalue weighted by molar-refractivity contribution is 5.48. The standard InChI is InChI=1S/C14H25N5/c1-14(2,15)9-19(3)13-7-12(17-10-18-13)16-8-11-5-4-6-11/h7,10-11H,4-6,8-9,15H2,1-3H3,(H,16,17,18). The van der Waals surface area contributed by atoms with E-state index in [0.29, 0.717) is 0 Å². The summed E-state index contributed by atoms with van der Waals surface area (Å²) in [6.07, 6.45) is 5.66. The Bertz CT molecular complexity index is 409. The van der Waals surface area contributed by atoms with Gasteiger partial charge < -0.3 is 16.0 Å². The van der Waals surface area contributed by atoms with Gasteiger partial charge in [0.15, 0.2) is 0 Å². The van der Waals surface area contributed by atoms with E-state index in [0.717, 1.165) is 30.6 Å². The highest BCUT2D eigenvalue weighted by atomic mass is 15.2. The third kappa shape index (κ3) is 4.35. The lowest BCUT2D eigenvalue weighted by Gasteiger charge is -2.28. The van der Waals surface area contributed by atoms with Crippen molar-refractivity contribution < 1.29 is 0 Å². The van der Waals surface area contributed by atoms with Gasteiger partial charge in [-0.1, -0.05) is 6.42 Å². The van der Waals surface area contributed by atoms with Gasteiger partial charge >= 0.3 is 0 Å². The SMILES string of the molecule is CN(CC(C)(C)N)c1cc(NCC2CCC2)ncn1. The molecular weight excluding hydrogens is 238 g/mol. The lowest BCUT2D eigenvalue weighted by Crippen LogP contribution is -2.44. The molecule has 1 aromatic heterocycles. The summed E-state index contributed by atoms with van der Waals surface area (Å²) in [6, 6.07) is 1.99. The molecule has 5 heteroatoms. The van der Waals surface area contributed by atoms with E-state index in [1.54, 1.807) is 6.33 Å². The monoisotopic (exact) mass is 263 g/mol. The molecule has 2 rings (SSSR count). The number of nitrogens with zero attached hydrogens (tertiary/aromatic N) is 3. The van der Waals surface area contributed by atoms with Gasteiger partial charge in [-0.3, -0.25) is 0 Å². The van der Waals surface area contributed by atoms with E-state index in [-0.39, 0.29) is 5.54 Å². The zero-order chi connectivity index (χ0) is 13.9. The van der Waals surface area contributed by atoms with Crippen molar-refractivity contribution in [1.82, 2.24) is 9.97 Å². The van der Waals surface area contributed by atoms with Crippen molar-refractivity contribution in [3.63, 3.8) is 0 Å². The van der Waals surface area contributed by atoms with Crippen molar-refractivity contribution in [2.24, 2.45) is 11.7 Å². The number of nitrogens with two attached hydrogens (primary N) is 1. The maximum absolute atomic E-state index is 6.04. The molecule has 0 saturated heterocycles. The van der Waals surface area contributed by atoms with Crippen LogP contribution < -0.4 is 16.0 Å². The molecule has 1 aromatic rings. The predicted octanol–water partition coefficient (Wildman–Crippen LogP) is 1.86. The van der Waals surface area contributed by atoms with E-state index < -0.39 is 0 Å². The van der Waals surface area contributed by atoms with Crippen LogP contribution in [0.5, 0.6) is 0 Å². The minimum absolute atomic E-state index is 0.237. The molecule has 3 N–H and O–H groups in total. The Labute approximate surface area is 115 Å². The second kappa shape index (κ2) is 5.74. The summed E-state index contributed by atoms with van der Waals surface area (Å²) in [4.78, 5) is 10.6. The molecule has 0 radical (unpaired) electrons. The predicted molar refractivity (Wildman–Crippen MR) is 79.4 cm³/mol. The van der Waals surface area contributed by atoms with Crippen LogP contribution >= 0.6 is 0 Å². The van der Waals surface area contributed by atoms with Crippen LogP contribution in [0.3, 0.4) is 0 Å². The Balaban J connectivity index is 1.93. The van der Waals surface area contributed by atoms with Crippen molar-refractivity contribution in [2.45, 2.75) is 38.6 Å². The first kappa shape index (κ1) is 14.1. The molecule has 1 aliphatic carbocycles. The molecule has 0 bridgehead atoms. The fourth-order valence-corrected chi connectivity index (χ4v) is 2.29. The van der Waals surface area contributed by atoms with Crippen LogP contribution in [0.1, 0.15) is 33.1 Å². The first-order chi connectivity index (χ1) is 8.94. The van der Waals surface area contributed by atoms with Crippen molar-refractivity contribution in [3.05, 3.63) is 12.4 Å². The number of anilines is 2. The second-order valence-electron chi connectivity index (χ2n) is 6.28. The summed E-state index contributed by atoms with van der Waals surface area (Å²) in [6.45, 7) is 5.80. The van der Waals surface area contributed by atoms with Crippen LogP contribution in [0.15, 0.2) is 12.4 Å². The lowest BCUT2D eigenvalue weighted by atomic mass is 9.85. The van der Waals surface area contributed by atoms with Gasteiger partial charge in [-0.25, -0.2) is 9.97 Å². The van der Waals surface area contributed by atoms with Gasteiger partial charge in [0.1, 0.15) is 18.0 Å². The number of hydrogen-bond acceptors (Lipinski definition) is 5. The van der Waals surface area contributed by atoms with Crippen LogP contribution in [0.4, 0.5) is 11.6 Å². The van der Waals surface area contributed by atoms with Crippen LogP contribution in [0.2, 0.25) is 0 Å². The maximum atomic E-state index is 6.04. The molecule has 0 aromatic carbocycles. The Morgan fingerprint density at radius 3 is 2.74 bits per heavy atom. The summed E-state index contributed by atoms with van der Waals surface area (Å²) in [5.74, 6) is 2.63. The first-order valence-electron chi connectivity index (χ1n) is 7.00. The normalized spacial score (nSPS) is 16.0. The van der Waals surface area contributed by atoms with Crippen molar-refractivity contribution >= 4 is 11.6 Å². The number of rotatable bonds is 6. The van der Waals surface area contributed by atoms with Gasteiger partial charge in [-0.2, -0.15) is 0 Å². The van der Waals surface area contributed by atoms with Gasteiger partial charge in [-0.15, -0.1) is 0 Å². The minimum atomic E-state index is -0.237. The number of hydrogen-bond donors (Lipinski definition) is 2. The molecule has 106 valence electrons. The third-order valence-electron chi connectivity index (χ3n) is 3.49. The van der Waals surface area contributed by atoms with Crippen molar-refractivity contribution in [1.29, 1.82) is 0 Å². The van der Waals surface area contributed by atoms with E-state index in [4.69, 9.17) is 5.73 Å². The maximum Gasteiger partial charge on any atom is 0.133 e. The van der Waals surface area contributed by atoms with Gasteiger partial charge in [0, 0.05) is 31.7 Å². The molecule has 0 unspecified atom stereocenters. The van der Waals surface area contributed by atoms with E-state index >= 15 is 0 Å². The number of aromatic nitrogens is 2. The van der Waals surface area contributed by atoms with Crippen LogP contribution in [-0.4, -0.2) is 35.6 Å². The fourth-order valence-electron chi connectivity index (χ4n) is 2.29. The molecule has 1 heterocycles. The molecule has 5 nitrogen and oxygen atoms in total. The highest BCUT2D eigenvalue weighted by Gasteiger charge is 2.18. The van der Waals surface area contributed by atoms with Crippen molar-refractivity contribution in [3.8, 4) is 0 Å². The minimum Gasteiger partial charge on any atom is -0.370 e. The smallest absolute Gasteiger partial charge is 0.133 e. The molecule has 0 aliphatic heterocycles. The van der Waals surface area contributed by atoms with Crippen LogP contribution in [-0.2, 0) is 0 Å². The van der Waals surface area contributed by atoms with E-state index in [1.807, 2.05) is 27.0 Å². The van der Waals surface area contributed by atoms with Gasteiger partial charge in [0.25, 0.3) is 0 Å². The Morgan fingerprint density at radius 1 is 1.42 bits per heavy atom. The quantitative estimate of drug-likeness (QED) is 0.820. The van der Waals surface area contributed by atoms with Gasteiger partial charge in [-0.05, 0) is 32.6 Å². The van der Waals surface area contributed by atoms with E-state index in [1.165, 1.54) is 19.3 Å². The zero-order valence-electron chi connectivity index (χ0n) is 12.2. The van der Waals surface area contributed by atoms with Gasteiger partial charge in [0.2, 0.25) is 0 Å². The van der Waals surface area contributed by atoms with E-state index in [9.17, 15) is 0 Å². The second-order valence-corrected chi connectivity index (χ2v) is 6.28. The van der Waals surface area contributed by atoms with Crippen LogP contribution in [0, 0.1) is 5.92 Å². The summed E-state index contributed by atoms with van der Waals surface area (Å²) >= 11 is 0. The Morgan fingerprint density at radius 2 is 2.16 bits per heavy atom. The number of likely N-dealkylation sites (N-methyl/N-ethyl adjacent to an activating group) is 1. The zero-order valence-corrected chi connectivity index (χ0v) is 12.2. The average Bonchev–Trinajstić information content (AvgIpc) is 2.25. The first-order valence-corrected chi connectivity index (χ1v) is 7.00. The van der Waals surface area contributed by atoms with Crippen LogP contribution in [0.25, 0.3) is 0 Å². The molecule has 0 atom stereocenters. The molecule has 1 saturated carbocycles.